The van der Waals surface area contributed by atoms with Gasteiger partial charge in [-0.25, -0.2) is 14.4 Å². The summed E-state index contributed by atoms with van der Waals surface area (Å²) < 4.78 is 15.1. The number of aryl methyl sites for hydroxylation is 1. The zero-order valence-electron chi connectivity index (χ0n) is 14.0. The first-order valence-electron chi connectivity index (χ1n) is 8.08. The molecule has 1 amide bonds. The summed E-state index contributed by atoms with van der Waals surface area (Å²) in [5, 5.41) is 2.99. The van der Waals surface area contributed by atoms with Gasteiger partial charge in [0.15, 0.2) is 0 Å². The third-order valence-electron chi connectivity index (χ3n) is 4.28. The molecule has 0 spiro atoms. The van der Waals surface area contributed by atoms with Gasteiger partial charge < -0.3 is 14.9 Å². The number of halogens is 1. The van der Waals surface area contributed by atoms with Crippen molar-refractivity contribution in [3.05, 3.63) is 84.0 Å². The van der Waals surface area contributed by atoms with Gasteiger partial charge in [-0.2, -0.15) is 0 Å². The number of carbonyl (C=O) groups is 1. The van der Waals surface area contributed by atoms with E-state index in [-0.39, 0.29) is 11.7 Å². The van der Waals surface area contributed by atoms with Crippen molar-refractivity contribution in [3.63, 3.8) is 0 Å². The molecule has 4 rings (SSSR count). The number of hydrogen-bond acceptors (Lipinski definition) is 3. The Labute approximate surface area is 148 Å². The second-order valence-corrected chi connectivity index (χ2v) is 5.99. The molecule has 0 aliphatic rings. The highest BCUT2D eigenvalue weighted by Gasteiger charge is 2.21. The summed E-state index contributed by atoms with van der Waals surface area (Å²) in [6.45, 7) is 0. The minimum absolute atomic E-state index is 0.251. The lowest BCUT2D eigenvalue weighted by atomic mass is 10.0. The first kappa shape index (κ1) is 16.0. The maximum Gasteiger partial charge on any atom is 0.252 e. The summed E-state index contributed by atoms with van der Waals surface area (Å²) >= 11 is 0. The highest BCUT2D eigenvalue weighted by atomic mass is 19.1. The van der Waals surface area contributed by atoms with Gasteiger partial charge in [0.1, 0.15) is 17.7 Å². The quantitative estimate of drug-likeness (QED) is 0.595. The standard InChI is InChI=1S/C19H16FN5O/c1-25-9-8-21-18(25)17(12-2-5-14(20)6-3-12)24-19(26)13-4-7-15-16(10-13)23-11-22-15/h2-11,17H,1H3,(H,22,23)(H,24,26)/t17-/m0/s1. The summed E-state index contributed by atoms with van der Waals surface area (Å²) in [5.41, 5.74) is 2.83. The van der Waals surface area contributed by atoms with Crippen molar-refractivity contribution >= 4 is 16.9 Å². The Kier molecular flexibility index (Phi) is 3.96. The first-order valence-corrected chi connectivity index (χ1v) is 8.08. The van der Waals surface area contributed by atoms with E-state index >= 15 is 0 Å². The topological polar surface area (TPSA) is 75.6 Å². The molecule has 0 unspecified atom stereocenters. The van der Waals surface area contributed by atoms with Gasteiger partial charge >= 0.3 is 0 Å². The number of rotatable bonds is 4. The molecule has 0 aliphatic carbocycles. The zero-order chi connectivity index (χ0) is 18.1. The van der Waals surface area contributed by atoms with Crippen molar-refractivity contribution in [2.24, 2.45) is 7.05 Å². The molecule has 0 radical (unpaired) electrons. The van der Waals surface area contributed by atoms with E-state index in [1.54, 1.807) is 49.1 Å². The van der Waals surface area contributed by atoms with Gasteiger partial charge in [-0.15, -0.1) is 0 Å². The average Bonchev–Trinajstić information content (AvgIpc) is 3.28. The molecule has 130 valence electrons. The molecule has 6 nitrogen and oxygen atoms in total. The number of aromatic amines is 1. The lowest BCUT2D eigenvalue weighted by molar-refractivity contribution is 0.0941. The van der Waals surface area contributed by atoms with Crippen molar-refractivity contribution in [1.29, 1.82) is 0 Å². The maximum absolute atomic E-state index is 13.3. The smallest absolute Gasteiger partial charge is 0.252 e. The summed E-state index contributed by atoms with van der Waals surface area (Å²) in [6, 6.07) is 10.8. The maximum atomic E-state index is 13.3. The largest absolute Gasteiger partial charge is 0.345 e. The number of carbonyl (C=O) groups excluding carboxylic acids is 1. The van der Waals surface area contributed by atoms with Crippen molar-refractivity contribution < 1.29 is 9.18 Å². The number of H-pyrrole nitrogens is 1. The SMILES string of the molecule is Cn1ccnc1[C@@H](NC(=O)c1ccc2nc[nH]c2c1)c1ccc(F)cc1. The van der Waals surface area contributed by atoms with Crippen LogP contribution in [0.15, 0.2) is 61.2 Å². The van der Waals surface area contributed by atoms with E-state index in [0.29, 0.717) is 11.4 Å². The molecule has 0 fully saturated rings. The molecule has 26 heavy (non-hydrogen) atoms. The van der Waals surface area contributed by atoms with Crippen LogP contribution in [0.4, 0.5) is 4.39 Å². The van der Waals surface area contributed by atoms with Gasteiger partial charge in [0, 0.05) is 25.0 Å². The lowest BCUT2D eigenvalue weighted by Crippen LogP contribution is -2.31. The fourth-order valence-electron chi connectivity index (χ4n) is 2.90. The number of nitrogens with one attached hydrogen (secondary N) is 2. The van der Waals surface area contributed by atoms with Crippen LogP contribution in [0, 0.1) is 5.82 Å². The van der Waals surface area contributed by atoms with E-state index in [1.165, 1.54) is 12.1 Å². The highest BCUT2D eigenvalue weighted by molar-refractivity contribution is 5.97. The number of fused-ring (bicyclic) bond motifs is 1. The number of imidazole rings is 2. The van der Waals surface area contributed by atoms with Gasteiger partial charge in [0.25, 0.3) is 5.91 Å². The molecule has 2 heterocycles. The minimum Gasteiger partial charge on any atom is -0.345 e. The van der Waals surface area contributed by atoms with Crippen molar-refractivity contribution in [1.82, 2.24) is 24.8 Å². The van der Waals surface area contributed by atoms with E-state index in [2.05, 4.69) is 20.3 Å². The van der Waals surface area contributed by atoms with Gasteiger partial charge in [-0.3, -0.25) is 4.79 Å². The molecule has 7 heteroatoms. The highest BCUT2D eigenvalue weighted by Crippen LogP contribution is 2.22. The lowest BCUT2D eigenvalue weighted by Gasteiger charge is -2.19. The molecular weight excluding hydrogens is 333 g/mol. The monoisotopic (exact) mass is 349 g/mol. The summed E-state index contributed by atoms with van der Waals surface area (Å²) in [5.74, 6) is 0.0785. The predicted molar refractivity (Wildman–Crippen MR) is 95.0 cm³/mol. The van der Waals surface area contributed by atoms with Crippen LogP contribution in [0.2, 0.25) is 0 Å². The van der Waals surface area contributed by atoms with Gasteiger partial charge in [0.05, 0.1) is 17.4 Å². The molecule has 0 bridgehead atoms. The van der Waals surface area contributed by atoms with Crippen LogP contribution in [0.5, 0.6) is 0 Å². The third kappa shape index (κ3) is 2.95. The van der Waals surface area contributed by atoms with E-state index in [4.69, 9.17) is 0 Å². The molecule has 1 atom stereocenters. The van der Waals surface area contributed by atoms with E-state index in [1.807, 2.05) is 11.6 Å². The Hall–Kier alpha value is -3.48. The molecule has 2 aromatic carbocycles. The Bertz CT molecular complexity index is 1070. The van der Waals surface area contributed by atoms with Crippen LogP contribution in [-0.4, -0.2) is 25.4 Å². The normalized spacial score (nSPS) is 12.2. The average molecular weight is 349 g/mol. The second kappa shape index (κ2) is 6.44. The Morgan fingerprint density at radius 1 is 1.19 bits per heavy atom. The van der Waals surface area contributed by atoms with Crippen LogP contribution in [0.3, 0.4) is 0 Å². The molecule has 0 saturated carbocycles. The van der Waals surface area contributed by atoms with E-state index in [9.17, 15) is 9.18 Å². The van der Waals surface area contributed by atoms with Crippen LogP contribution in [0.25, 0.3) is 11.0 Å². The van der Waals surface area contributed by atoms with E-state index in [0.717, 1.165) is 16.6 Å². The Morgan fingerprint density at radius 3 is 2.73 bits per heavy atom. The van der Waals surface area contributed by atoms with Gasteiger partial charge in [-0.1, -0.05) is 12.1 Å². The van der Waals surface area contributed by atoms with Crippen LogP contribution in [0.1, 0.15) is 27.8 Å². The fourth-order valence-corrected chi connectivity index (χ4v) is 2.90. The van der Waals surface area contributed by atoms with E-state index < -0.39 is 6.04 Å². The molecule has 4 aromatic rings. The zero-order valence-corrected chi connectivity index (χ0v) is 14.0. The fraction of sp³-hybridized carbons (Fsp3) is 0.105. The molecular formula is C19H16FN5O. The Balaban J connectivity index is 1.68. The summed E-state index contributed by atoms with van der Waals surface area (Å²) in [7, 11) is 1.85. The van der Waals surface area contributed by atoms with Gasteiger partial charge in [0.2, 0.25) is 0 Å². The number of benzene rings is 2. The molecule has 0 saturated heterocycles. The van der Waals surface area contributed by atoms with Crippen LogP contribution >= 0.6 is 0 Å². The van der Waals surface area contributed by atoms with Crippen molar-refractivity contribution in [2.75, 3.05) is 0 Å². The number of aromatic nitrogens is 4. The Morgan fingerprint density at radius 2 is 2.00 bits per heavy atom. The van der Waals surface area contributed by atoms with Gasteiger partial charge in [-0.05, 0) is 35.9 Å². The summed E-state index contributed by atoms with van der Waals surface area (Å²) in [6.07, 6.45) is 5.05. The second-order valence-electron chi connectivity index (χ2n) is 5.99. The van der Waals surface area contributed by atoms with Crippen molar-refractivity contribution in [3.8, 4) is 0 Å². The predicted octanol–water partition coefficient (Wildman–Crippen LogP) is 2.95. The number of hydrogen-bond donors (Lipinski definition) is 2. The molecule has 2 N–H and O–H groups in total. The summed E-state index contributed by atoms with van der Waals surface area (Å²) in [4.78, 5) is 24.3. The van der Waals surface area contributed by atoms with Crippen LogP contribution < -0.4 is 5.32 Å². The van der Waals surface area contributed by atoms with Crippen LogP contribution in [-0.2, 0) is 7.05 Å². The van der Waals surface area contributed by atoms with Crippen molar-refractivity contribution in [2.45, 2.75) is 6.04 Å². The molecule has 0 aliphatic heterocycles. The first-order chi connectivity index (χ1) is 12.6. The number of nitrogens with zero attached hydrogens (tertiary/aromatic N) is 3. The minimum atomic E-state index is -0.499. The molecule has 2 aromatic heterocycles. The number of amides is 1. The third-order valence-corrected chi connectivity index (χ3v) is 4.28.